The quantitative estimate of drug-likeness (QED) is 0.635. The maximum atomic E-state index is 11.1. The molecule has 1 fully saturated rings. The first-order valence-electron chi connectivity index (χ1n) is 5.68. The molecule has 0 atom stereocenters. The van der Waals surface area contributed by atoms with Gasteiger partial charge in [-0.25, -0.2) is 0 Å². The molecular weight excluding hydrogens is 174 g/mol. The molecule has 0 bridgehead atoms. The molecule has 78 valence electrons. The van der Waals surface area contributed by atoms with Crippen LogP contribution in [0.1, 0.15) is 32.6 Å². The molecule has 0 radical (unpaired) electrons. The molecule has 0 unspecified atom stereocenters. The van der Waals surface area contributed by atoms with Crippen molar-refractivity contribution in [1.29, 1.82) is 0 Å². The third kappa shape index (κ3) is 1.90. The van der Waals surface area contributed by atoms with E-state index >= 15 is 0 Å². The van der Waals surface area contributed by atoms with E-state index in [1.54, 1.807) is 0 Å². The van der Waals surface area contributed by atoms with Gasteiger partial charge in [0.2, 0.25) is 0 Å². The Morgan fingerprint density at radius 1 is 1.36 bits per heavy atom. The number of carbonyl (C=O) groups is 1. The molecule has 2 aliphatic rings. The van der Waals surface area contributed by atoms with Crippen LogP contribution in [0.2, 0.25) is 0 Å². The number of carbonyl (C=O) groups excluding carboxylic acids is 1. The highest BCUT2D eigenvalue weighted by molar-refractivity contribution is 5.90. The fraction of sp³-hybridized carbons (Fsp3) is 0.750. The standard InChI is InChI=1S/C12H19NO/c1-2-13-9-7-12(8-10-13)5-3-11(14)4-6-12/h3,5H,2,4,6-10H2,1H3. The van der Waals surface area contributed by atoms with E-state index in [9.17, 15) is 4.79 Å². The van der Waals surface area contributed by atoms with Gasteiger partial charge in [-0.1, -0.05) is 13.0 Å². The van der Waals surface area contributed by atoms with Crippen molar-refractivity contribution in [2.45, 2.75) is 32.6 Å². The lowest BCUT2D eigenvalue weighted by atomic mass is 9.72. The minimum absolute atomic E-state index is 0.313. The van der Waals surface area contributed by atoms with Crippen molar-refractivity contribution >= 4 is 5.78 Å². The van der Waals surface area contributed by atoms with Gasteiger partial charge >= 0.3 is 0 Å². The first-order chi connectivity index (χ1) is 6.74. The van der Waals surface area contributed by atoms with Gasteiger partial charge in [0.25, 0.3) is 0 Å². The van der Waals surface area contributed by atoms with Gasteiger partial charge in [0.15, 0.2) is 5.78 Å². The van der Waals surface area contributed by atoms with Crippen LogP contribution in [0, 0.1) is 5.41 Å². The second kappa shape index (κ2) is 3.85. The number of rotatable bonds is 1. The Morgan fingerprint density at radius 2 is 2.07 bits per heavy atom. The van der Waals surface area contributed by atoms with E-state index in [0.717, 1.165) is 12.8 Å². The van der Waals surface area contributed by atoms with Crippen molar-refractivity contribution in [2.24, 2.45) is 5.41 Å². The molecule has 1 spiro atoms. The molecule has 1 heterocycles. The average molecular weight is 193 g/mol. The number of allylic oxidation sites excluding steroid dienone is 2. The Bertz CT molecular complexity index is 249. The molecule has 0 saturated carbocycles. The predicted molar refractivity (Wildman–Crippen MR) is 57.2 cm³/mol. The molecule has 1 saturated heterocycles. The Labute approximate surface area is 86.0 Å². The molecule has 0 aromatic carbocycles. The lowest BCUT2D eigenvalue weighted by molar-refractivity contribution is -0.115. The second-order valence-corrected chi connectivity index (χ2v) is 4.60. The maximum Gasteiger partial charge on any atom is 0.155 e. The fourth-order valence-corrected chi connectivity index (χ4v) is 2.54. The van der Waals surface area contributed by atoms with Crippen LogP contribution in [0.5, 0.6) is 0 Å². The van der Waals surface area contributed by atoms with Crippen molar-refractivity contribution in [3.63, 3.8) is 0 Å². The fourth-order valence-electron chi connectivity index (χ4n) is 2.54. The zero-order valence-corrected chi connectivity index (χ0v) is 8.96. The molecule has 2 heteroatoms. The normalized spacial score (nSPS) is 27.1. The predicted octanol–water partition coefficient (Wildman–Crippen LogP) is 2.01. The third-order valence-corrected chi connectivity index (χ3v) is 3.79. The highest BCUT2D eigenvalue weighted by Crippen LogP contribution is 2.39. The minimum Gasteiger partial charge on any atom is -0.304 e. The third-order valence-electron chi connectivity index (χ3n) is 3.79. The van der Waals surface area contributed by atoms with Gasteiger partial charge in [-0.3, -0.25) is 4.79 Å². The summed E-state index contributed by atoms with van der Waals surface area (Å²) < 4.78 is 0. The molecule has 0 amide bonds. The number of ketones is 1. The summed E-state index contributed by atoms with van der Waals surface area (Å²) in [5.74, 6) is 0.313. The van der Waals surface area contributed by atoms with Crippen LogP contribution < -0.4 is 0 Å². The van der Waals surface area contributed by atoms with Gasteiger partial charge in [0.05, 0.1) is 0 Å². The van der Waals surface area contributed by atoms with Crippen molar-refractivity contribution in [3.8, 4) is 0 Å². The summed E-state index contributed by atoms with van der Waals surface area (Å²) in [6, 6.07) is 0. The smallest absolute Gasteiger partial charge is 0.155 e. The van der Waals surface area contributed by atoms with Gasteiger partial charge < -0.3 is 4.90 Å². The van der Waals surface area contributed by atoms with Crippen molar-refractivity contribution < 1.29 is 4.79 Å². The highest BCUT2D eigenvalue weighted by Gasteiger charge is 2.33. The molecule has 1 aliphatic heterocycles. The first-order valence-corrected chi connectivity index (χ1v) is 5.68. The Hall–Kier alpha value is -0.630. The van der Waals surface area contributed by atoms with E-state index in [4.69, 9.17) is 0 Å². The summed E-state index contributed by atoms with van der Waals surface area (Å²) in [7, 11) is 0. The van der Waals surface area contributed by atoms with Gasteiger partial charge in [-0.15, -0.1) is 0 Å². The Morgan fingerprint density at radius 3 is 2.57 bits per heavy atom. The molecule has 0 aromatic rings. The minimum atomic E-state index is 0.313. The van der Waals surface area contributed by atoms with Crippen LogP contribution in [0.3, 0.4) is 0 Å². The molecule has 2 nitrogen and oxygen atoms in total. The van der Waals surface area contributed by atoms with Crippen LogP contribution in [0.15, 0.2) is 12.2 Å². The van der Waals surface area contributed by atoms with Crippen LogP contribution in [-0.4, -0.2) is 30.3 Å². The topological polar surface area (TPSA) is 20.3 Å². The monoisotopic (exact) mass is 193 g/mol. The van der Waals surface area contributed by atoms with Crippen molar-refractivity contribution in [3.05, 3.63) is 12.2 Å². The lowest BCUT2D eigenvalue weighted by Crippen LogP contribution is -2.40. The SMILES string of the molecule is CCN1CCC2(C=CC(=O)CC2)CC1. The zero-order valence-electron chi connectivity index (χ0n) is 8.96. The number of piperidine rings is 1. The van der Waals surface area contributed by atoms with E-state index < -0.39 is 0 Å². The van der Waals surface area contributed by atoms with Crippen LogP contribution in [0.25, 0.3) is 0 Å². The first kappa shape index (κ1) is 9.91. The van der Waals surface area contributed by atoms with Gasteiger partial charge in [-0.2, -0.15) is 0 Å². The summed E-state index contributed by atoms with van der Waals surface area (Å²) >= 11 is 0. The molecular formula is C12H19NO. The Kier molecular flexibility index (Phi) is 2.73. The summed E-state index contributed by atoms with van der Waals surface area (Å²) in [5, 5.41) is 0. The summed E-state index contributed by atoms with van der Waals surface area (Å²) in [6.45, 7) is 5.79. The van der Waals surface area contributed by atoms with Crippen molar-refractivity contribution in [2.75, 3.05) is 19.6 Å². The number of likely N-dealkylation sites (tertiary alicyclic amines) is 1. The van der Waals surface area contributed by atoms with Gasteiger partial charge in [0.1, 0.15) is 0 Å². The molecule has 2 rings (SSSR count). The Balaban J connectivity index is 1.99. The van der Waals surface area contributed by atoms with E-state index in [0.29, 0.717) is 11.2 Å². The van der Waals surface area contributed by atoms with Crippen LogP contribution in [-0.2, 0) is 4.79 Å². The molecule has 1 aliphatic carbocycles. The number of hydrogen-bond donors (Lipinski definition) is 0. The number of hydrogen-bond acceptors (Lipinski definition) is 2. The summed E-state index contributed by atoms with van der Waals surface area (Å²) in [5.41, 5.74) is 0.375. The summed E-state index contributed by atoms with van der Waals surface area (Å²) in [6.07, 6.45) is 8.33. The highest BCUT2D eigenvalue weighted by atomic mass is 16.1. The summed E-state index contributed by atoms with van der Waals surface area (Å²) in [4.78, 5) is 13.6. The van der Waals surface area contributed by atoms with Gasteiger partial charge in [-0.05, 0) is 50.4 Å². The number of nitrogens with zero attached hydrogens (tertiary/aromatic N) is 1. The average Bonchev–Trinajstić information content (AvgIpc) is 2.24. The second-order valence-electron chi connectivity index (χ2n) is 4.60. The van der Waals surface area contributed by atoms with E-state index in [2.05, 4.69) is 17.9 Å². The zero-order chi connectivity index (χ0) is 10.0. The van der Waals surface area contributed by atoms with Crippen LogP contribution >= 0.6 is 0 Å². The largest absolute Gasteiger partial charge is 0.304 e. The lowest BCUT2D eigenvalue weighted by Gasteiger charge is -2.41. The van der Waals surface area contributed by atoms with Crippen LogP contribution in [0.4, 0.5) is 0 Å². The van der Waals surface area contributed by atoms with Crippen molar-refractivity contribution in [1.82, 2.24) is 4.90 Å². The molecule has 14 heavy (non-hydrogen) atoms. The van der Waals surface area contributed by atoms with E-state index in [-0.39, 0.29) is 0 Å². The molecule has 0 N–H and O–H groups in total. The maximum absolute atomic E-state index is 11.1. The van der Waals surface area contributed by atoms with E-state index in [1.807, 2.05) is 6.08 Å². The molecule has 0 aromatic heterocycles. The van der Waals surface area contributed by atoms with Gasteiger partial charge in [0, 0.05) is 6.42 Å². The van der Waals surface area contributed by atoms with E-state index in [1.165, 1.54) is 32.5 Å².